The number of pyridine rings is 1. The Hall–Kier alpha value is -2.28. The maximum atomic E-state index is 12.1. The Labute approximate surface area is 128 Å². The molecule has 0 bridgehead atoms. The molecule has 0 aliphatic carbocycles. The minimum Gasteiger partial charge on any atom is -0.384 e. The van der Waals surface area contributed by atoms with Crippen LogP contribution in [0.2, 0.25) is 0 Å². The molecule has 2 aromatic rings. The summed E-state index contributed by atoms with van der Waals surface area (Å²) >= 11 is 0. The SMILES string of the molecule is COCCc1noc(C2CC(=O)N(Cc3ccccn3)C2)n1. The topological polar surface area (TPSA) is 81.4 Å². The minimum atomic E-state index is -0.0417. The van der Waals surface area contributed by atoms with Gasteiger partial charge >= 0.3 is 0 Å². The first-order valence-corrected chi connectivity index (χ1v) is 7.25. The largest absolute Gasteiger partial charge is 0.384 e. The van der Waals surface area contributed by atoms with Crippen molar-refractivity contribution in [2.45, 2.75) is 25.3 Å². The second-order valence-corrected chi connectivity index (χ2v) is 5.29. The molecule has 0 saturated carbocycles. The van der Waals surface area contributed by atoms with E-state index >= 15 is 0 Å². The van der Waals surface area contributed by atoms with E-state index in [0.29, 0.717) is 44.3 Å². The van der Waals surface area contributed by atoms with Crippen molar-refractivity contribution in [1.82, 2.24) is 20.0 Å². The Morgan fingerprint density at radius 2 is 2.36 bits per heavy atom. The lowest BCUT2D eigenvalue weighted by atomic mass is 10.1. The molecule has 1 atom stereocenters. The smallest absolute Gasteiger partial charge is 0.232 e. The maximum Gasteiger partial charge on any atom is 0.232 e. The molecule has 7 nitrogen and oxygen atoms in total. The van der Waals surface area contributed by atoms with Gasteiger partial charge in [0.1, 0.15) is 0 Å². The van der Waals surface area contributed by atoms with Crippen molar-refractivity contribution in [3.63, 3.8) is 0 Å². The normalized spacial score (nSPS) is 18.1. The summed E-state index contributed by atoms with van der Waals surface area (Å²) in [5, 5.41) is 3.92. The highest BCUT2D eigenvalue weighted by atomic mass is 16.5. The van der Waals surface area contributed by atoms with Crippen LogP contribution < -0.4 is 0 Å². The van der Waals surface area contributed by atoms with Crippen molar-refractivity contribution in [2.75, 3.05) is 20.3 Å². The van der Waals surface area contributed by atoms with E-state index in [0.717, 1.165) is 5.69 Å². The first-order chi connectivity index (χ1) is 10.8. The zero-order chi connectivity index (χ0) is 15.4. The van der Waals surface area contributed by atoms with E-state index < -0.39 is 0 Å². The zero-order valence-electron chi connectivity index (χ0n) is 12.4. The number of likely N-dealkylation sites (tertiary alicyclic amines) is 1. The van der Waals surface area contributed by atoms with Gasteiger partial charge in [0, 0.05) is 32.7 Å². The molecule has 3 rings (SSSR count). The molecule has 1 aliphatic rings. The lowest BCUT2D eigenvalue weighted by molar-refractivity contribution is -0.128. The van der Waals surface area contributed by atoms with Gasteiger partial charge in [-0.1, -0.05) is 11.2 Å². The van der Waals surface area contributed by atoms with Gasteiger partial charge in [-0.25, -0.2) is 0 Å². The van der Waals surface area contributed by atoms with E-state index in [1.807, 2.05) is 18.2 Å². The molecule has 1 unspecified atom stereocenters. The van der Waals surface area contributed by atoms with Crippen molar-refractivity contribution in [2.24, 2.45) is 0 Å². The average molecular weight is 302 g/mol. The molecule has 2 aromatic heterocycles. The van der Waals surface area contributed by atoms with Crippen LogP contribution in [0.3, 0.4) is 0 Å². The Bertz CT molecular complexity index is 629. The van der Waals surface area contributed by atoms with Gasteiger partial charge in [-0.2, -0.15) is 4.98 Å². The van der Waals surface area contributed by atoms with E-state index in [-0.39, 0.29) is 11.8 Å². The number of ether oxygens (including phenoxy) is 1. The van der Waals surface area contributed by atoms with Crippen molar-refractivity contribution >= 4 is 5.91 Å². The first kappa shape index (κ1) is 14.6. The number of hydrogen-bond donors (Lipinski definition) is 0. The van der Waals surface area contributed by atoms with E-state index in [1.54, 1.807) is 18.2 Å². The highest BCUT2D eigenvalue weighted by Crippen LogP contribution is 2.27. The highest BCUT2D eigenvalue weighted by molar-refractivity contribution is 5.79. The Kier molecular flexibility index (Phi) is 4.43. The van der Waals surface area contributed by atoms with Gasteiger partial charge in [-0.15, -0.1) is 0 Å². The van der Waals surface area contributed by atoms with Crippen LogP contribution in [0.25, 0.3) is 0 Å². The molecule has 3 heterocycles. The molecule has 0 spiro atoms. The van der Waals surface area contributed by atoms with Gasteiger partial charge in [-0.3, -0.25) is 9.78 Å². The number of amides is 1. The van der Waals surface area contributed by atoms with Crippen LogP contribution in [0.1, 0.15) is 29.7 Å². The van der Waals surface area contributed by atoms with Gasteiger partial charge in [0.2, 0.25) is 11.8 Å². The highest BCUT2D eigenvalue weighted by Gasteiger charge is 2.34. The lowest BCUT2D eigenvalue weighted by Gasteiger charge is -2.15. The van der Waals surface area contributed by atoms with Crippen LogP contribution in [0, 0.1) is 0 Å². The fraction of sp³-hybridized carbons (Fsp3) is 0.467. The van der Waals surface area contributed by atoms with Crippen LogP contribution in [0.4, 0.5) is 0 Å². The Morgan fingerprint density at radius 1 is 1.45 bits per heavy atom. The van der Waals surface area contributed by atoms with Crippen LogP contribution in [0.5, 0.6) is 0 Å². The number of methoxy groups -OCH3 is 1. The number of nitrogens with zero attached hydrogens (tertiary/aromatic N) is 4. The summed E-state index contributed by atoms with van der Waals surface area (Å²) in [7, 11) is 1.63. The third-order valence-corrected chi connectivity index (χ3v) is 3.66. The standard InChI is InChI=1S/C15H18N4O3/c1-21-7-5-13-17-15(22-18-13)11-8-14(20)19(9-11)10-12-4-2-3-6-16-12/h2-4,6,11H,5,7-10H2,1H3. The first-order valence-electron chi connectivity index (χ1n) is 7.25. The van der Waals surface area contributed by atoms with Crippen LogP contribution in [-0.4, -0.2) is 46.2 Å². The molecular formula is C15H18N4O3. The van der Waals surface area contributed by atoms with Crippen LogP contribution >= 0.6 is 0 Å². The fourth-order valence-electron chi connectivity index (χ4n) is 2.51. The Balaban J connectivity index is 1.63. The van der Waals surface area contributed by atoms with E-state index in [2.05, 4.69) is 15.1 Å². The summed E-state index contributed by atoms with van der Waals surface area (Å²) < 4.78 is 10.3. The molecule has 0 aromatic carbocycles. The number of carbonyl (C=O) groups is 1. The van der Waals surface area contributed by atoms with E-state index in [9.17, 15) is 4.79 Å². The Morgan fingerprint density at radius 3 is 3.14 bits per heavy atom. The van der Waals surface area contributed by atoms with E-state index in [4.69, 9.17) is 9.26 Å². The molecule has 1 aliphatic heterocycles. The van der Waals surface area contributed by atoms with Crippen LogP contribution in [-0.2, 0) is 22.5 Å². The lowest BCUT2D eigenvalue weighted by Crippen LogP contribution is -2.24. The summed E-state index contributed by atoms with van der Waals surface area (Å²) in [4.78, 5) is 22.5. The summed E-state index contributed by atoms with van der Waals surface area (Å²) in [6.45, 7) is 1.65. The third-order valence-electron chi connectivity index (χ3n) is 3.66. The molecule has 116 valence electrons. The number of carbonyl (C=O) groups excluding carboxylic acids is 1. The van der Waals surface area contributed by atoms with Crippen molar-refractivity contribution in [3.05, 3.63) is 41.8 Å². The molecule has 7 heteroatoms. The molecular weight excluding hydrogens is 284 g/mol. The van der Waals surface area contributed by atoms with Crippen LogP contribution in [0.15, 0.2) is 28.9 Å². The fourth-order valence-corrected chi connectivity index (χ4v) is 2.51. The summed E-state index contributed by atoms with van der Waals surface area (Å²) in [5.41, 5.74) is 0.878. The van der Waals surface area contributed by atoms with Gasteiger partial charge in [0.15, 0.2) is 5.82 Å². The second kappa shape index (κ2) is 6.65. The van der Waals surface area contributed by atoms with Gasteiger partial charge in [0.25, 0.3) is 0 Å². The number of rotatable bonds is 6. The predicted octanol–water partition coefficient (Wildman–Crippen LogP) is 1.17. The van der Waals surface area contributed by atoms with Gasteiger partial charge < -0.3 is 14.2 Å². The molecule has 1 fully saturated rings. The molecule has 0 N–H and O–H groups in total. The van der Waals surface area contributed by atoms with E-state index in [1.165, 1.54) is 0 Å². The molecule has 1 saturated heterocycles. The van der Waals surface area contributed by atoms with Crippen molar-refractivity contribution in [3.8, 4) is 0 Å². The number of aromatic nitrogens is 3. The minimum absolute atomic E-state index is 0.0417. The quantitative estimate of drug-likeness (QED) is 0.796. The average Bonchev–Trinajstić information content (AvgIpc) is 3.14. The molecule has 1 amide bonds. The summed E-state index contributed by atoms with van der Waals surface area (Å²) in [6.07, 6.45) is 2.74. The summed E-state index contributed by atoms with van der Waals surface area (Å²) in [6, 6.07) is 5.69. The monoisotopic (exact) mass is 302 g/mol. The molecule has 0 radical (unpaired) electrons. The molecule has 22 heavy (non-hydrogen) atoms. The second-order valence-electron chi connectivity index (χ2n) is 5.29. The van der Waals surface area contributed by atoms with Gasteiger partial charge in [0.05, 0.1) is 24.8 Å². The summed E-state index contributed by atoms with van der Waals surface area (Å²) in [5.74, 6) is 1.20. The predicted molar refractivity (Wildman–Crippen MR) is 76.9 cm³/mol. The zero-order valence-corrected chi connectivity index (χ0v) is 12.4. The number of hydrogen-bond acceptors (Lipinski definition) is 6. The third kappa shape index (κ3) is 3.30. The van der Waals surface area contributed by atoms with Crippen molar-refractivity contribution in [1.29, 1.82) is 0 Å². The van der Waals surface area contributed by atoms with Crippen molar-refractivity contribution < 1.29 is 14.1 Å². The maximum absolute atomic E-state index is 12.1. The van der Waals surface area contributed by atoms with Gasteiger partial charge in [-0.05, 0) is 12.1 Å².